The highest BCUT2D eigenvalue weighted by Gasteiger charge is 2.48. The molecule has 1 aromatic rings. The Morgan fingerprint density at radius 3 is 2.41 bits per heavy atom. The predicted octanol–water partition coefficient (Wildman–Crippen LogP) is 2.69. The quantitative estimate of drug-likeness (QED) is 0.629. The minimum absolute atomic E-state index is 0.0172. The monoisotopic (exact) mass is 517 g/mol. The number of carbonyl (C=O) groups excluding carboxylic acids is 3. The molecule has 3 aliphatic heterocycles. The second-order valence-electron chi connectivity index (χ2n) is 10.9. The lowest BCUT2D eigenvalue weighted by atomic mass is 9.70. The number of nitrogens with one attached hydrogen (secondary N) is 2. The average molecular weight is 518 g/mol. The summed E-state index contributed by atoms with van der Waals surface area (Å²) in [4.78, 5) is 42.0. The largest absolute Gasteiger partial charge is 0.381 e. The molecule has 0 radical (unpaired) electrons. The SMILES string of the molecule is C[C@@H]1NC(=O)C2(CCCCOC[C@H](C)NC1=O)CCN(C(=O)C1(c3cccc(F)c3)CCOCC1)CC2. The van der Waals surface area contributed by atoms with Gasteiger partial charge in [0.05, 0.1) is 17.4 Å². The van der Waals surface area contributed by atoms with Gasteiger partial charge in [0.15, 0.2) is 0 Å². The lowest BCUT2D eigenvalue weighted by molar-refractivity contribution is -0.148. The summed E-state index contributed by atoms with van der Waals surface area (Å²) in [6.07, 6.45) is 4.38. The predicted molar refractivity (Wildman–Crippen MR) is 136 cm³/mol. The highest BCUT2D eigenvalue weighted by Crippen LogP contribution is 2.41. The Labute approximate surface area is 218 Å². The summed E-state index contributed by atoms with van der Waals surface area (Å²) < 4.78 is 25.4. The van der Waals surface area contributed by atoms with E-state index in [0.29, 0.717) is 77.2 Å². The minimum atomic E-state index is -0.821. The van der Waals surface area contributed by atoms with Gasteiger partial charge < -0.3 is 25.0 Å². The number of likely N-dealkylation sites (tertiary alicyclic amines) is 1. The third kappa shape index (κ3) is 6.14. The van der Waals surface area contributed by atoms with E-state index in [1.165, 1.54) is 12.1 Å². The first-order valence-electron chi connectivity index (χ1n) is 13.6. The Morgan fingerprint density at radius 2 is 1.70 bits per heavy atom. The van der Waals surface area contributed by atoms with Crippen LogP contribution in [-0.4, -0.2) is 74.2 Å². The lowest BCUT2D eigenvalue weighted by Crippen LogP contribution is -2.57. The maximum Gasteiger partial charge on any atom is 0.242 e. The van der Waals surface area contributed by atoms with Crippen molar-refractivity contribution in [3.8, 4) is 0 Å². The molecule has 3 saturated heterocycles. The highest BCUT2D eigenvalue weighted by atomic mass is 19.1. The normalized spacial score (nSPS) is 27.3. The molecule has 3 amide bonds. The van der Waals surface area contributed by atoms with Gasteiger partial charge in [-0.05, 0) is 70.1 Å². The smallest absolute Gasteiger partial charge is 0.242 e. The van der Waals surface area contributed by atoms with Crippen molar-refractivity contribution < 1.29 is 28.2 Å². The molecule has 9 heteroatoms. The molecule has 0 aliphatic carbocycles. The van der Waals surface area contributed by atoms with Gasteiger partial charge >= 0.3 is 0 Å². The minimum Gasteiger partial charge on any atom is -0.381 e. The number of benzene rings is 1. The van der Waals surface area contributed by atoms with Crippen LogP contribution in [0.3, 0.4) is 0 Å². The summed E-state index contributed by atoms with van der Waals surface area (Å²) in [6, 6.07) is 5.54. The third-order valence-electron chi connectivity index (χ3n) is 8.31. The van der Waals surface area contributed by atoms with E-state index in [0.717, 1.165) is 12.8 Å². The molecule has 204 valence electrons. The van der Waals surface area contributed by atoms with E-state index >= 15 is 0 Å². The molecule has 1 spiro atoms. The first-order valence-corrected chi connectivity index (χ1v) is 13.6. The van der Waals surface area contributed by atoms with Crippen LogP contribution in [0.2, 0.25) is 0 Å². The van der Waals surface area contributed by atoms with E-state index in [1.54, 1.807) is 13.0 Å². The van der Waals surface area contributed by atoms with E-state index in [4.69, 9.17) is 9.47 Å². The van der Waals surface area contributed by atoms with Gasteiger partial charge in [-0.25, -0.2) is 4.39 Å². The molecule has 0 aromatic heterocycles. The fourth-order valence-corrected chi connectivity index (χ4v) is 5.92. The van der Waals surface area contributed by atoms with E-state index in [2.05, 4.69) is 10.6 Å². The van der Waals surface area contributed by atoms with Crippen molar-refractivity contribution in [1.82, 2.24) is 15.5 Å². The molecule has 0 bridgehead atoms. The summed E-state index contributed by atoms with van der Waals surface area (Å²) >= 11 is 0. The van der Waals surface area contributed by atoms with Gasteiger partial charge in [0, 0.05) is 39.0 Å². The molecular weight excluding hydrogens is 477 g/mol. The topological polar surface area (TPSA) is 97.0 Å². The molecule has 3 aliphatic rings. The molecule has 3 fully saturated rings. The number of nitrogens with zero attached hydrogens (tertiary/aromatic N) is 1. The van der Waals surface area contributed by atoms with Crippen molar-refractivity contribution in [3.05, 3.63) is 35.6 Å². The van der Waals surface area contributed by atoms with Crippen molar-refractivity contribution >= 4 is 17.7 Å². The number of amides is 3. The maximum absolute atomic E-state index is 14.1. The second-order valence-corrected chi connectivity index (χ2v) is 10.9. The van der Waals surface area contributed by atoms with Crippen LogP contribution in [-0.2, 0) is 29.3 Å². The van der Waals surface area contributed by atoms with E-state index in [1.807, 2.05) is 17.9 Å². The zero-order valence-electron chi connectivity index (χ0n) is 22.0. The zero-order valence-corrected chi connectivity index (χ0v) is 22.0. The lowest BCUT2D eigenvalue weighted by Gasteiger charge is -2.45. The molecule has 8 nitrogen and oxygen atoms in total. The molecule has 4 rings (SSSR count). The second kappa shape index (κ2) is 11.9. The number of halogens is 1. The van der Waals surface area contributed by atoms with Crippen LogP contribution in [0.25, 0.3) is 0 Å². The first kappa shape index (κ1) is 27.5. The van der Waals surface area contributed by atoms with E-state index < -0.39 is 16.9 Å². The van der Waals surface area contributed by atoms with Crippen molar-refractivity contribution in [2.75, 3.05) is 39.5 Å². The van der Waals surface area contributed by atoms with Gasteiger partial charge in [0.2, 0.25) is 17.7 Å². The van der Waals surface area contributed by atoms with Gasteiger partial charge in [0.25, 0.3) is 0 Å². The fourth-order valence-electron chi connectivity index (χ4n) is 5.92. The number of piperidine rings is 1. The Kier molecular flexibility index (Phi) is 8.85. The summed E-state index contributed by atoms with van der Waals surface area (Å²) in [6.45, 7) is 6.38. The number of rotatable bonds is 2. The Balaban J connectivity index is 1.50. The number of ether oxygens (including phenoxy) is 2. The van der Waals surface area contributed by atoms with Crippen LogP contribution in [0.5, 0.6) is 0 Å². The molecular formula is C28H40FN3O5. The van der Waals surface area contributed by atoms with Crippen LogP contribution in [0, 0.1) is 11.2 Å². The highest BCUT2D eigenvalue weighted by molar-refractivity contribution is 5.91. The molecule has 1 aromatic carbocycles. The van der Waals surface area contributed by atoms with Crippen molar-refractivity contribution in [1.29, 1.82) is 0 Å². The Bertz CT molecular complexity index is 972. The molecule has 3 heterocycles. The van der Waals surface area contributed by atoms with Crippen LogP contribution in [0.4, 0.5) is 4.39 Å². The average Bonchev–Trinajstić information content (AvgIpc) is 2.91. The molecule has 0 saturated carbocycles. The summed E-state index contributed by atoms with van der Waals surface area (Å²) in [5.41, 5.74) is -0.777. The van der Waals surface area contributed by atoms with Crippen LogP contribution in [0.15, 0.2) is 24.3 Å². The molecule has 2 N–H and O–H groups in total. The summed E-state index contributed by atoms with van der Waals surface area (Å²) in [7, 11) is 0. The van der Waals surface area contributed by atoms with E-state index in [9.17, 15) is 18.8 Å². The first-order chi connectivity index (χ1) is 17.8. The zero-order chi connectivity index (χ0) is 26.5. The fraction of sp³-hybridized carbons (Fsp3) is 0.679. The Morgan fingerprint density at radius 1 is 0.973 bits per heavy atom. The number of hydrogen-bond acceptors (Lipinski definition) is 5. The van der Waals surface area contributed by atoms with Gasteiger partial charge in [-0.3, -0.25) is 14.4 Å². The van der Waals surface area contributed by atoms with Gasteiger partial charge in [-0.2, -0.15) is 0 Å². The van der Waals surface area contributed by atoms with Crippen molar-refractivity contribution in [2.24, 2.45) is 5.41 Å². The third-order valence-corrected chi connectivity index (χ3v) is 8.31. The molecule has 2 atom stereocenters. The summed E-state index contributed by atoms with van der Waals surface area (Å²) in [5.74, 6) is -0.730. The van der Waals surface area contributed by atoms with Crippen LogP contribution >= 0.6 is 0 Å². The van der Waals surface area contributed by atoms with E-state index in [-0.39, 0.29) is 29.6 Å². The van der Waals surface area contributed by atoms with Gasteiger partial charge in [0.1, 0.15) is 11.9 Å². The van der Waals surface area contributed by atoms with Crippen molar-refractivity contribution in [2.45, 2.75) is 76.3 Å². The van der Waals surface area contributed by atoms with Crippen LogP contribution < -0.4 is 10.6 Å². The van der Waals surface area contributed by atoms with Gasteiger partial charge in [-0.15, -0.1) is 0 Å². The summed E-state index contributed by atoms with van der Waals surface area (Å²) in [5, 5.41) is 5.84. The Hall–Kier alpha value is -2.52. The number of carbonyl (C=O) groups is 3. The number of hydrogen-bond donors (Lipinski definition) is 2. The molecule has 0 unspecified atom stereocenters. The van der Waals surface area contributed by atoms with Crippen LogP contribution in [0.1, 0.15) is 64.4 Å². The van der Waals surface area contributed by atoms with Gasteiger partial charge in [-0.1, -0.05) is 18.6 Å². The maximum atomic E-state index is 14.1. The standard InChI is InChI=1S/C28H40FN3O5/c1-20-19-37-15-4-3-8-27(25(34)31-21(2)24(33)30-20)9-13-32(14-10-27)26(35)28(11-16-36-17-12-28)22-6-5-7-23(29)18-22/h5-7,18,20-21H,3-4,8-17,19H2,1-2H3,(H,30,33)(H,31,34)/t20-,21-/m0/s1. The van der Waals surface area contributed by atoms with Crippen molar-refractivity contribution in [3.63, 3.8) is 0 Å². The molecule has 37 heavy (non-hydrogen) atoms.